The van der Waals surface area contributed by atoms with Gasteiger partial charge in [-0.15, -0.1) is 0 Å². The number of carbonyl (C=O) groups is 1. The molecule has 0 atom stereocenters. The molecule has 1 aliphatic heterocycles. The summed E-state index contributed by atoms with van der Waals surface area (Å²) in [6.07, 6.45) is 1.55. The first-order chi connectivity index (χ1) is 14.7. The van der Waals surface area contributed by atoms with Gasteiger partial charge in [-0.05, 0) is 55.0 Å². The molecule has 3 aromatic rings. The Morgan fingerprint density at radius 3 is 2.53 bits per heavy atom. The maximum atomic E-state index is 12.2. The van der Waals surface area contributed by atoms with Crippen LogP contribution in [0.5, 0.6) is 0 Å². The first kappa shape index (κ1) is 20.4. The van der Waals surface area contributed by atoms with Gasteiger partial charge in [-0.2, -0.15) is 4.98 Å². The summed E-state index contributed by atoms with van der Waals surface area (Å²) < 4.78 is 10.7. The number of morpholine rings is 1. The highest BCUT2D eigenvalue weighted by Gasteiger charge is 2.12. The van der Waals surface area contributed by atoms with E-state index in [9.17, 15) is 4.79 Å². The molecule has 7 nitrogen and oxygen atoms in total. The number of halogens is 1. The molecule has 1 aromatic heterocycles. The van der Waals surface area contributed by atoms with Gasteiger partial charge in [-0.25, -0.2) is 0 Å². The number of carbonyl (C=O) groups excluding carboxylic acids is 1. The van der Waals surface area contributed by atoms with Crippen LogP contribution in [-0.2, 0) is 16.0 Å². The second kappa shape index (κ2) is 9.73. The lowest BCUT2D eigenvalue weighted by Crippen LogP contribution is -2.36. The van der Waals surface area contributed by atoms with Gasteiger partial charge in [-0.3, -0.25) is 4.79 Å². The highest BCUT2D eigenvalue weighted by Crippen LogP contribution is 2.20. The van der Waals surface area contributed by atoms with Crippen LogP contribution < -0.4 is 10.2 Å². The van der Waals surface area contributed by atoms with Gasteiger partial charge in [0.2, 0.25) is 17.6 Å². The van der Waals surface area contributed by atoms with Gasteiger partial charge in [0.1, 0.15) is 0 Å². The van der Waals surface area contributed by atoms with Crippen LogP contribution in [-0.4, -0.2) is 42.4 Å². The normalized spacial score (nSPS) is 14.0. The highest BCUT2D eigenvalue weighted by molar-refractivity contribution is 6.30. The topological polar surface area (TPSA) is 80.5 Å². The lowest BCUT2D eigenvalue weighted by molar-refractivity contribution is -0.116. The standard InChI is InChI=1S/C22H23ClN4O3/c23-17-6-4-16(5-7-17)22-25-21(30-26-22)3-1-2-20(28)24-18-8-10-19(11-9-18)27-12-14-29-15-13-27/h4-11H,1-3,12-15H2,(H,24,28). The van der Waals surface area contributed by atoms with Gasteiger partial charge in [0.25, 0.3) is 0 Å². The van der Waals surface area contributed by atoms with E-state index in [1.54, 1.807) is 12.1 Å². The van der Waals surface area contributed by atoms with Crippen LogP contribution in [0.15, 0.2) is 53.1 Å². The Morgan fingerprint density at radius 2 is 1.80 bits per heavy atom. The summed E-state index contributed by atoms with van der Waals surface area (Å²) in [5, 5.41) is 7.58. The minimum absolute atomic E-state index is 0.0356. The van der Waals surface area contributed by atoms with Gasteiger partial charge >= 0.3 is 0 Å². The van der Waals surface area contributed by atoms with Crippen molar-refractivity contribution in [1.29, 1.82) is 0 Å². The number of nitrogens with one attached hydrogen (secondary N) is 1. The summed E-state index contributed by atoms with van der Waals surface area (Å²) in [6.45, 7) is 3.28. The molecular formula is C22H23ClN4O3. The van der Waals surface area contributed by atoms with Crippen molar-refractivity contribution in [3.8, 4) is 11.4 Å². The van der Waals surface area contributed by atoms with E-state index in [4.69, 9.17) is 20.9 Å². The fourth-order valence-corrected chi connectivity index (χ4v) is 3.40. The summed E-state index contributed by atoms with van der Waals surface area (Å²) in [5.41, 5.74) is 2.77. The van der Waals surface area contributed by atoms with Crippen LogP contribution in [0.4, 0.5) is 11.4 Å². The van der Waals surface area contributed by atoms with Crippen molar-refractivity contribution in [2.75, 3.05) is 36.5 Å². The van der Waals surface area contributed by atoms with Crippen LogP contribution in [0.3, 0.4) is 0 Å². The molecule has 1 fully saturated rings. The van der Waals surface area contributed by atoms with Crippen molar-refractivity contribution < 1.29 is 14.1 Å². The number of aromatic nitrogens is 2. The Balaban J connectivity index is 1.23. The molecule has 0 aliphatic carbocycles. The first-order valence-electron chi connectivity index (χ1n) is 9.98. The molecule has 0 saturated carbocycles. The molecule has 1 amide bonds. The predicted octanol–water partition coefficient (Wildman–Crippen LogP) is 4.19. The molecule has 8 heteroatoms. The molecule has 2 heterocycles. The number of nitrogens with zero attached hydrogens (tertiary/aromatic N) is 3. The Labute approximate surface area is 180 Å². The van der Waals surface area contributed by atoms with Gasteiger partial charge in [0.05, 0.1) is 13.2 Å². The van der Waals surface area contributed by atoms with Crippen molar-refractivity contribution in [2.45, 2.75) is 19.3 Å². The van der Waals surface area contributed by atoms with Gasteiger partial charge in [-0.1, -0.05) is 16.8 Å². The molecule has 0 radical (unpaired) electrons. The average Bonchev–Trinajstić information content (AvgIpc) is 3.24. The molecule has 0 bridgehead atoms. The summed E-state index contributed by atoms with van der Waals surface area (Å²) >= 11 is 5.89. The van der Waals surface area contributed by atoms with E-state index < -0.39 is 0 Å². The van der Waals surface area contributed by atoms with Gasteiger partial charge in [0, 0.05) is 47.9 Å². The number of anilines is 2. The van der Waals surface area contributed by atoms with Crippen LogP contribution in [0.2, 0.25) is 5.02 Å². The second-order valence-corrected chi connectivity index (χ2v) is 7.50. The first-order valence-corrected chi connectivity index (χ1v) is 10.4. The van der Waals surface area contributed by atoms with E-state index >= 15 is 0 Å². The third-order valence-corrected chi connectivity index (χ3v) is 5.14. The fourth-order valence-electron chi connectivity index (χ4n) is 3.27. The zero-order valence-corrected chi connectivity index (χ0v) is 17.3. The maximum absolute atomic E-state index is 12.2. The second-order valence-electron chi connectivity index (χ2n) is 7.07. The number of hydrogen-bond donors (Lipinski definition) is 1. The summed E-state index contributed by atoms with van der Waals surface area (Å²) in [7, 11) is 0. The van der Waals surface area contributed by atoms with E-state index in [-0.39, 0.29) is 5.91 Å². The Kier molecular flexibility index (Phi) is 6.61. The third-order valence-electron chi connectivity index (χ3n) is 4.89. The van der Waals surface area contributed by atoms with E-state index in [2.05, 4.69) is 20.4 Å². The molecule has 1 aliphatic rings. The lowest BCUT2D eigenvalue weighted by Gasteiger charge is -2.28. The van der Waals surface area contributed by atoms with Gasteiger partial charge in [0.15, 0.2) is 0 Å². The lowest BCUT2D eigenvalue weighted by atomic mass is 10.2. The van der Waals surface area contributed by atoms with Crippen LogP contribution in [0, 0.1) is 0 Å². The average molecular weight is 427 g/mol. The Bertz CT molecular complexity index is 967. The summed E-state index contributed by atoms with van der Waals surface area (Å²) in [6, 6.07) is 15.2. The maximum Gasteiger partial charge on any atom is 0.226 e. The Hall–Kier alpha value is -2.90. The number of hydrogen-bond acceptors (Lipinski definition) is 6. The monoisotopic (exact) mass is 426 g/mol. The van der Waals surface area contributed by atoms with Gasteiger partial charge < -0.3 is 19.5 Å². The summed E-state index contributed by atoms with van der Waals surface area (Å²) in [4.78, 5) is 18.9. The molecular weight excluding hydrogens is 404 g/mol. The molecule has 30 heavy (non-hydrogen) atoms. The molecule has 1 saturated heterocycles. The Morgan fingerprint density at radius 1 is 1.07 bits per heavy atom. The SMILES string of the molecule is O=C(CCCc1nc(-c2ccc(Cl)cc2)no1)Nc1ccc(N2CCOCC2)cc1. The van der Waals surface area contributed by atoms with Crippen LogP contribution in [0.25, 0.3) is 11.4 Å². The quantitative estimate of drug-likeness (QED) is 0.610. The minimum atomic E-state index is -0.0356. The summed E-state index contributed by atoms with van der Waals surface area (Å²) in [5.74, 6) is 1.00. The van der Waals surface area contributed by atoms with E-state index in [0.29, 0.717) is 36.0 Å². The largest absolute Gasteiger partial charge is 0.378 e. The van der Waals surface area contributed by atoms with Crippen molar-refractivity contribution in [3.63, 3.8) is 0 Å². The van der Waals surface area contributed by atoms with Crippen LogP contribution in [0.1, 0.15) is 18.7 Å². The number of ether oxygens (including phenoxy) is 1. The molecule has 0 unspecified atom stereocenters. The fraction of sp³-hybridized carbons (Fsp3) is 0.318. The van der Waals surface area contributed by atoms with E-state index in [1.165, 1.54) is 0 Å². The zero-order valence-electron chi connectivity index (χ0n) is 16.5. The highest BCUT2D eigenvalue weighted by atomic mass is 35.5. The van der Waals surface area contributed by atoms with E-state index in [1.807, 2.05) is 36.4 Å². The molecule has 0 spiro atoms. The van der Waals surface area contributed by atoms with Crippen LogP contribution >= 0.6 is 11.6 Å². The molecule has 156 valence electrons. The minimum Gasteiger partial charge on any atom is -0.378 e. The smallest absolute Gasteiger partial charge is 0.226 e. The van der Waals surface area contributed by atoms with Crippen molar-refractivity contribution in [1.82, 2.24) is 10.1 Å². The van der Waals surface area contributed by atoms with Crippen molar-refractivity contribution in [2.24, 2.45) is 0 Å². The number of rotatable bonds is 7. The van der Waals surface area contributed by atoms with E-state index in [0.717, 1.165) is 43.2 Å². The molecule has 1 N–H and O–H groups in total. The van der Waals surface area contributed by atoms with Crippen molar-refractivity contribution in [3.05, 3.63) is 59.4 Å². The van der Waals surface area contributed by atoms with Crippen molar-refractivity contribution >= 4 is 28.9 Å². The number of amides is 1. The number of benzene rings is 2. The zero-order chi connectivity index (χ0) is 20.8. The predicted molar refractivity (Wildman–Crippen MR) is 116 cm³/mol. The third kappa shape index (κ3) is 5.37. The molecule has 2 aromatic carbocycles. The molecule has 4 rings (SSSR count). The number of aryl methyl sites for hydroxylation is 1.